The molecule has 9 heteroatoms. The highest BCUT2D eigenvalue weighted by molar-refractivity contribution is 5.02. The third kappa shape index (κ3) is 5.09. The Bertz CT molecular complexity index is 631. The van der Waals surface area contributed by atoms with Crippen molar-refractivity contribution in [2.75, 3.05) is 0 Å². The molecule has 0 nitrogen and oxygen atoms in total. The van der Waals surface area contributed by atoms with Crippen molar-refractivity contribution < 1.29 is 39.5 Å². The minimum atomic E-state index is -2.31. The monoisotopic (exact) mass is 506 g/mol. The van der Waals surface area contributed by atoms with Gasteiger partial charge in [-0.1, -0.05) is 6.92 Å². The van der Waals surface area contributed by atoms with Crippen LogP contribution in [0.2, 0.25) is 0 Å². The van der Waals surface area contributed by atoms with E-state index in [9.17, 15) is 22.0 Å². The molecule has 0 aromatic heterocycles. The van der Waals surface area contributed by atoms with Crippen LogP contribution in [-0.4, -0.2) is 55.5 Å². The lowest BCUT2D eigenvalue weighted by atomic mass is 9.61. The number of halogens is 9. The van der Waals surface area contributed by atoms with E-state index in [4.69, 9.17) is 0 Å². The number of rotatable bonds is 3. The number of hydrogen-bond donors (Lipinski definition) is 0. The molecular formula is C25H35F9. The second kappa shape index (κ2) is 10.4. The van der Waals surface area contributed by atoms with Gasteiger partial charge in [0.15, 0.2) is 6.17 Å². The van der Waals surface area contributed by atoms with Crippen LogP contribution < -0.4 is 0 Å². The summed E-state index contributed by atoms with van der Waals surface area (Å²) in [4.78, 5) is 0. The Morgan fingerprint density at radius 2 is 0.588 bits per heavy atom. The van der Waals surface area contributed by atoms with Crippen LogP contribution >= 0.6 is 0 Å². The zero-order valence-electron chi connectivity index (χ0n) is 19.3. The van der Waals surface area contributed by atoms with E-state index in [1.807, 2.05) is 0 Å². The molecule has 198 valence electrons. The summed E-state index contributed by atoms with van der Waals surface area (Å²) in [6.45, 7) is 1.74. The second-order valence-electron chi connectivity index (χ2n) is 11.6. The molecule has 4 fully saturated rings. The molecule has 4 aliphatic rings. The van der Waals surface area contributed by atoms with Gasteiger partial charge in [0.25, 0.3) is 0 Å². The van der Waals surface area contributed by atoms with Gasteiger partial charge in [-0.3, -0.25) is 0 Å². The zero-order chi connectivity index (χ0) is 24.9. The van der Waals surface area contributed by atoms with E-state index in [0.29, 0.717) is 0 Å². The maximum atomic E-state index is 15.2. The molecule has 0 aromatic rings. The molecule has 4 rings (SSSR count). The highest BCUT2D eigenvalue weighted by Gasteiger charge is 2.54. The Hall–Kier alpha value is -0.630. The molecule has 0 saturated heterocycles. The van der Waals surface area contributed by atoms with Gasteiger partial charge in [0.05, 0.1) is 0 Å². The van der Waals surface area contributed by atoms with Gasteiger partial charge in [-0.25, -0.2) is 39.5 Å². The minimum Gasteiger partial charge on any atom is -0.247 e. The van der Waals surface area contributed by atoms with Crippen molar-refractivity contribution in [2.24, 2.45) is 41.4 Å². The van der Waals surface area contributed by atoms with Gasteiger partial charge in [-0.2, -0.15) is 0 Å². The molecule has 0 aromatic carbocycles. The molecule has 8 unspecified atom stereocenters. The van der Waals surface area contributed by atoms with Crippen molar-refractivity contribution in [3.8, 4) is 0 Å². The van der Waals surface area contributed by atoms with Gasteiger partial charge in [0.2, 0.25) is 0 Å². The van der Waals surface area contributed by atoms with Gasteiger partial charge in [-0.05, 0) is 75.0 Å². The van der Waals surface area contributed by atoms with Gasteiger partial charge < -0.3 is 0 Å². The van der Waals surface area contributed by atoms with Crippen molar-refractivity contribution in [3.05, 3.63) is 0 Å². The minimum absolute atomic E-state index is 0.140. The van der Waals surface area contributed by atoms with Crippen molar-refractivity contribution in [1.82, 2.24) is 0 Å². The third-order valence-electron chi connectivity index (χ3n) is 9.25. The lowest BCUT2D eigenvalue weighted by molar-refractivity contribution is -0.0894. The molecule has 0 radical (unpaired) electrons. The van der Waals surface area contributed by atoms with E-state index in [1.54, 1.807) is 6.92 Å². The summed E-state index contributed by atoms with van der Waals surface area (Å²) in [6, 6.07) is 0. The SMILES string of the molecule is CC1CC(F)C(C2CC(F)C(C3CC(F)C(C4CC(F)C(F)C(F)C4)C(F)C3)C(F)C2)C(F)C1. The smallest absolute Gasteiger partial charge is 0.162 e. The number of hydrogen-bond acceptors (Lipinski definition) is 0. The van der Waals surface area contributed by atoms with E-state index in [2.05, 4.69) is 0 Å². The standard InChI is InChI=1S/C25H35F9/c1-10-2-14(26)22(15(27)3-10)11-4-16(28)23(17(29)5-11)12-6-18(30)24(19(31)7-12)13-8-20(32)25(34)21(33)9-13/h10-25H,2-9H2,1H3. The maximum absolute atomic E-state index is 15.2. The summed E-state index contributed by atoms with van der Waals surface area (Å²) in [5, 5.41) is 0. The Morgan fingerprint density at radius 1 is 0.353 bits per heavy atom. The second-order valence-corrected chi connectivity index (χ2v) is 11.6. The molecule has 0 aliphatic heterocycles. The average molecular weight is 507 g/mol. The Labute approximate surface area is 195 Å². The van der Waals surface area contributed by atoms with E-state index in [1.165, 1.54) is 0 Å². The Morgan fingerprint density at radius 3 is 0.882 bits per heavy atom. The highest BCUT2D eigenvalue weighted by atomic mass is 19.2. The third-order valence-corrected chi connectivity index (χ3v) is 9.25. The van der Waals surface area contributed by atoms with Crippen molar-refractivity contribution in [3.63, 3.8) is 0 Å². The first-order chi connectivity index (χ1) is 16.0. The van der Waals surface area contributed by atoms with Crippen LogP contribution in [-0.2, 0) is 0 Å². The molecule has 4 saturated carbocycles. The quantitative estimate of drug-likeness (QED) is 0.347. The van der Waals surface area contributed by atoms with Crippen molar-refractivity contribution in [1.29, 1.82) is 0 Å². The van der Waals surface area contributed by atoms with Crippen LogP contribution in [0.5, 0.6) is 0 Å². The maximum Gasteiger partial charge on any atom is 0.162 e. The van der Waals surface area contributed by atoms with Crippen LogP contribution in [0, 0.1) is 41.4 Å². The van der Waals surface area contributed by atoms with Gasteiger partial charge in [-0.15, -0.1) is 0 Å². The Kier molecular flexibility index (Phi) is 8.08. The predicted octanol–water partition coefficient (Wildman–Crippen LogP) is 7.54. The van der Waals surface area contributed by atoms with Crippen molar-refractivity contribution >= 4 is 0 Å². The lowest BCUT2D eigenvalue weighted by Gasteiger charge is -2.48. The molecular weight excluding hydrogens is 471 g/mol. The van der Waals surface area contributed by atoms with Crippen LogP contribution in [0.15, 0.2) is 0 Å². The summed E-state index contributed by atoms with van der Waals surface area (Å²) < 4.78 is 131. The molecule has 0 spiro atoms. The van der Waals surface area contributed by atoms with Crippen LogP contribution in [0.4, 0.5) is 39.5 Å². The summed E-state index contributed by atoms with van der Waals surface area (Å²) in [6.07, 6.45) is -18.6. The topological polar surface area (TPSA) is 0 Å². The summed E-state index contributed by atoms with van der Waals surface area (Å²) in [5.41, 5.74) is 0. The van der Waals surface area contributed by atoms with E-state index < -0.39 is 104 Å². The zero-order valence-corrected chi connectivity index (χ0v) is 19.3. The van der Waals surface area contributed by atoms with Gasteiger partial charge in [0.1, 0.15) is 49.4 Å². The van der Waals surface area contributed by atoms with Crippen LogP contribution in [0.1, 0.15) is 58.3 Å². The summed E-state index contributed by atoms with van der Waals surface area (Å²) in [7, 11) is 0. The average Bonchev–Trinajstić information content (AvgIpc) is 2.70. The number of alkyl halides is 9. The fourth-order valence-corrected chi connectivity index (χ4v) is 7.71. The van der Waals surface area contributed by atoms with E-state index >= 15 is 17.6 Å². The largest absolute Gasteiger partial charge is 0.247 e. The molecule has 0 N–H and O–H groups in total. The first-order valence-electron chi connectivity index (χ1n) is 12.7. The van der Waals surface area contributed by atoms with E-state index in [0.717, 1.165) is 0 Å². The first-order valence-corrected chi connectivity index (χ1v) is 12.7. The van der Waals surface area contributed by atoms with Gasteiger partial charge in [0, 0.05) is 17.8 Å². The van der Waals surface area contributed by atoms with Crippen LogP contribution in [0.25, 0.3) is 0 Å². The predicted molar refractivity (Wildman–Crippen MR) is 111 cm³/mol. The van der Waals surface area contributed by atoms with Gasteiger partial charge >= 0.3 is 0 Å². The fourth-order valence-electron chi connectivity index (χ4n) is 7.71. The molecule has 4 aliphatic carbocycles. The summed E-state index contributed by atoms with van der Waals surface area (Å²) in [5.74, 6) is -6.61. The highest BCUT2D eigenvalue weighted by Crippen LogP contribution is 2.52. The molecule has 0 amide bonds. The fraction of sp³-hybridized carbons (Fsp3) is 1.00. The van der Waals surface area contributed by atoms with E-state index in [-0.39, 0.29) is 44.4 Å². The first kappa shape index (κ1) is 26.4. The molecule has 0 heterocycles. The normalized spacial score (nSPS) is 57.4. The molecule has 0 bridgehead atoms. The molecule has 34 heavy (non-hydrogen) atoms. The Balaban J connectivity index is 1.40. The van der Waals surface area contributed by atoms with Crippen molar-refractivity contribution in [2.45, 2.75) is 114 Å². The lowest BCUT2D eigenvalue weighted by Crippen LogP contribution is -2.51. The summed E-state index contributed by atoms with van der Waals surface area (Å²) >= 11 is 0. The van der Waals surface area contributed by atoms with Crippen LogP contribution in [0.3, 0.4) is 0 Å². The molecule has 8 atom stereocenters.